The van der Waals surface area contributed by atoms with Gasteiger partial charge in [0.05, 0.1) is 5.69 Å². The summed E-state index contributed by atoms with van der Waals surface area (Å²) >= 11 is 0. The third-order valence-electron chi connectivity index (χ3n) is 4.43. The Morgan fingerprint density at radius 2 is 2.05 bits per heavy atom. The molecule has 0 amide bonds. The number of hydrogen-bond acceptors (Lipinski definition) is 2. The Bertz CT molecular complexity index is 411. The average Bonchev–Trinajstić information content (AvgIpc) is 2.46. The molecule has 106 valence electrons. The van der Waals surface area contributed by atoms with Crippen LogP contribution in [0.2, 0.25) is 0 Å². The van der Waals surface area contributed by atoms with Crippen molar-refractivity contribution >= 4 is 5.69 Å². The van der Waals surface area contributed by atoms with Crippen LogP contribution >= 0.6 is 0 Å². The molecule has 0 bridgehead atoms. The fourth-order valence-electron chi connectivity index (χ4n) is 2.94. The molecule has 1 atom stereocenters. The molecule has 1 unspecified atom stereocenters. The first-order valence-corrected chi connectivity index (χ1v) is 7.38. The van der Waals surface area contributed by atoms with Crippen molar-refractivity contribution in [2.45, 2.75) is 39.2 Å². The normalized spacial score (nSPS) is 18.6. The minimum Gasteiger partial charge on any atom is -0.369 e. The second-order valence-corrected chi connectivity index (χ2v) is 5.53. The summed E-state index contributed by atoms with van der Waals surface area (Å²) in [7, 11) is 1.92. The van der Waals surface area contributed by atoms with Crippen molar-refractivity contribution in [1.29, 1.82) is 0 Å². The monoisotopic (exact) mass is 264 g/mol. The molecule has 0 radical (unpaired) electrons. The van der Waals surface area contributed by atoms with E-state index in [0.29, 0.717) is 0 Å². The molecular weight excluding hydrogens is 239 g/mol. The fraction of sp³-hybridized carbons (Fsp3) is 0.625. The van der Waals surface area contributed by atoms with Crippen LogP contribution in [0, 0.1) is 11.7 Å². The minimum atomic E-state index is -0.0884. The van der Waals surface area contributed by atoms with Crippen LogP contribution in [0.5, 0.6) is 0 Å². The highest BCUT2D eigenvalue weighted by Gasteiger charge is 2.23. The second kappa shape index (κ2) is 6.38. The largest absolute Gasteiger partial charge is 0.369 e. The van der Waals surface area contributed by atoms with Crippen LogP contribution in [0.1, 0.15) is 44.7 Å². The van der Waals surface area contributed by atoms with E-state index in [4.69, 9.17) is 0 Å². The van der Waals surface area contributed by atoms with Gasteiger partial charge in [-0.2, -0.15) is 0 Å². The van der Waals surface area contributed by atoms with Crippen LogP contribution in [0.4, 0.5) is 10.1 Å². The van der Waals surface area contributed by atoms with Crippen LogP contribution in [0.15, 0.2) is 18.2 Å². The lowest BCUT2D eigenvalue weighted by Crippen LogP contribution is -2.35. The van der Waals surface area contributed by atoms with E-state index in [1.807, 2.05) is 13.1 Å². The lowest BCUT2D eigenvalue weighted by molar-refractivity contribution is 0.391. The maximum atomic E-state index is 14.2. The molecule has 1 saturated heterocycles. The molecule has 3 heteroatoms. The molecule has 19 heavy (non-hydrogen) atoms. The summed E-state index contributed by atoms with van der Waals surface area (Å²) in [6.07, 6.45) is 3.60. The summed E-state index contributed by atoms with van der Waals surface area (Å²) in [5.41, 5.74) is 1.87. The lowest BCUT2D eigenvalue weighted by atomic mass is 9.93. The van der Waals surface area contributed by atoms with E-state index in [1.165, 1.54) is 19.3 Å². The molecule has 1 aliphatic rings. The van der Waals surface area contributed by atoms with Gasteiger partial charge in [0.15, 0.2) is 0 Å². The smallest absolute Gasteiger partial charge is 0.146 e. The van der Waals surface area contributed by atoms with Crippen molar-refractivity contribution in [2.75, 3.05) is 25.0 Å². The van der Waals surface area contributed by atoms with Crippen LogP contribution in [0.3, 0.4) is 0 Å². The summed E-state index contributed by atoms with van der Waals surface area (Å²) < 4.78 is 14.2. The maximum absolute atomic E-state index is 14.2. The molecule has 0 spiro atoms. The summed E-state index contributed by atoms with van der Waals surface area (Å²) in [6, 6.07) is 5.59. The fourth-order valence-corrected chi connectivity index (χ4v) is 2.94. The van der Waals surface area contributed by atoms with Gasteiger partial charge in [-0.05, 0) is 44.4 Å². The third kappa shape index (κ3) is 3.08. The van der Waals surface area contributed by atoms with E-state index in [0.717, 1.165) is 30.3 Å². The Morgan fingerprint density at radius 3 is 2.63 bits per heavy atom. The van der Waals surface area contributed by atoms with Gasteiger partial charge in [-0.25, -0.2) is 4.39 Å². The van der Waals surface area contributed by atoms with Crippen LogP contribution in [-0.2, 0) is 0 Å². The molecule has 1 aliphatic heterocycles. The Labute approximate surface area is 116 Å². The van der Waals surface area contributed by atoms with Gasteiger partial charge in [0.2, 0.25) is 0 Å². The molecule has 0 aliphatic carbocycles. The minimum absolute atomic E-state index is 0.0884. The number of para-hydroxylation sites is 1. The van der Waals surface area contributed by atoms with Crippen molar-refractivity contribution in [1.82, 2.24) is 5.32 Å². The molecule has 2 rings (SSSR count). The molecule has 0 aromatic heterocycles. The predicted octanol–water partition coefficient (Wildman–Crippen LogP) is 3.73. The number of nitrogens with one attached hydrogen (secondary N) is 1. The highest BCUT2D eigenvalue weighted by atomic mass is 19.1. The Kier molecular flexibility index (Phi) is 4.81. The van der Waals surface area contributed by atoms with Gasteiger partial charge in [0.1, 0.15) is 5.82 Å². The third-order valence-corrected chi connectivity index (χ3v) is 4.43. The number of halogens is 1. The van der Waals surface area contributed by atoms with Gasteiger partial charge in [-0.3, -0.25) is 0 Å². The Balaban J connectivity index is 2.24. The van der Waals surface area contributed by atoms with Crippen molar-refractivity contribution in [3.05, 3.63) is 29.6 Å². The number of piperidine rings is 1. The van der Waals surface area contributed by atoms with E-state index in [1.54, 1.807) is 12.1 Å². The first kappa shape index (κ1) is 14.3. The van der Waals surface area contributed by atoms with Gasteiger partial charge in [-0.15, -0.1) is 0 Å². The van der Waals surface area contributed by atoms with Crippen LogP contribution < -0.4 is 10.2 Å². The predicted molar refractivity (Wildman–Crippen MR) is 79.1 cm³/mol. The quantitative estimate of drug-likeness (QED) is 0.891. The number of anilines is 1. The molecular formula is C16H25FN2. The summed E-state index contributed by atoms with van der Waals surface area (Å²) in [4.78, 5) is 2.23. The average molecular weight is 264 g/mol. The molecule has 1 aromatic rings. The van der Waals surface area contributed by atoms with Crippen LogP contribution in [0.25, 0.3) is 0 Å². The summed E-state index contributed by atoms with van der Waals surface area (Å²) in [5.74, 6) is 0.725. The highest BCUT2D eigenvalue weighted by Crippen LogP contribution is 2.32. The second-order valence-electron chi connectivity index (χ2n) is 5.53. The highest BCUT2D eigenvalue weighted by molar-refractivity contribution is 5.56. The molecule has 1 fully saturated rings. The Morgan fingerprint density at radius 1 is 1.37 bits per heavy atom. The van der Waals surface area contributed by atoms with Crippen molar-refractivity contribution < 1.29 is 4.39 Å². The van der Waals surface area contributed by atoms with E-state index >= 15 is 0 Å². The zero-order valence-electron chi connectivity index (χ0n) is 12.2. The molecule has 2 nitrogen and oxygen atoms in total. The lowest BCUT2D eigenvalue weighted by Gasteiger charge is -2.35. The van der Waals surface area contributed by atoms with Gasteiger partial charge in [0, 0.05) is 19.1 Å². The van der Waals surface area contributed by atoms with Crippen molar-refractivity contribution in [3.63, 3.8) is 0 Å². The van der Waals surface area contributed by atoms with Crippen molar-refractivity contribution in [2.24, 2.45) is 5.92 Å². The molecule has 1 aromatic carbocycles. The first-order valence-electron chi connectivity index (χ1n) is 7.38. The number of nitrogens with zero attached hydrogens (tertiary/aromatic N) is 1. The van der Waals surface area contributed by atoms with E-state index < -0.39 is 0 Å². The number of rotatable bonds is 4. The number of benzene rings is 1. The Hall–Kier alpha value is -1.09. The van der Waals surface area contributed by atoms with Crippen LogP contribution in [-0.4, -0.2) is 20.1 Å². The van der Waals surface area contributed by atoms with Gasteiger partial charge in [0.25, 0.3) is 0 Å². The summed E-state index contributed by atoms with van der Waals surface area (Å²) in [5, 5.41) is 3.21. The zero-order chi connectivity index (χ0) is 13.8. The van der Waals surface area contributed by atoms with Crippen molar-refractivity contribution in [3.8, 4) is 0 Å². The SMILES string of the molecule is CCC1CCN(c2c(F)cccc2C(C)NC)CC1. The topological polar surface area (TPSA) is 15.3 Å². The van der Waals surface area contributed by atoms with E-state index in [2.05, 4.69) is 24.1 Å². The number of hydrogen-bond donors (Lipinski definition) is 1. The van der Waals surface area contributed by atoms with E-state index in [-0.39, 0.29) is 11.9 Å². The maximum Gasteiger partial charge on any atom is 0.146 e. The molecule has 1 heterocycles. The van der Waals surface area contributed by atoms with E-state index in [9.17, 15) is 4.39 Å². The zero-order valence-corrected chi connectivity index (χ0v) is 12.2. The van der Waals surface area contributed by atoms with Gasteiger partial charge < -0.3 is 10.2 Å². The van der Waals surface area contributed by atoms with Gasteiger partial charge in [-0.1, -0.05) is 25.5 Å². The first-order chi connectivity index (χ1) is 9.17. The summed E-state index contributed by atoms with van der Waals surface area (Å²) in [6.45, 7) is 6.28. The molecule has 0 saturated carbocycles. The van der Waals surface area contributed by atoms with Gasteiger partial charge >= 0.3 is 0 Å². The molecule has 1 N–H and O–H groups in total. The standard InChI is InChI=1S/C16H25FN2/c1-4-13-8-10-19(11-9-13)16-14(12(2)18-3)6-5-7-15(16)17/h5-7,12-13,18H,4,8-11H2,1-3H3.